The Labute approximate surface area is 113 Å². The summed E-state index contributed by atoms with van der Waals surface area (Å²) in [5.41, 5.74) is 2.00. The van der Waals surface area contributed by atoms with Gasteiger partial charge in [0.15, 0.2) is 11.5 Å². The highest BCUT2D eigenvalue weighted by atomic mass is 16.5. The van der Waals surface area contributed by atoms with Gasteiger partial charge < -0.3 is 4.74 Å². The monoisotopic (exact) mass is 258 g/mol. The Kier molecular flexibility index (Phi) is 4.15. The number of hydrogen-bond donors (Lipinski definition) is 0. The molecule has 0 amide bonds. The first kappa shape index (κ1) is 13.5. The summed E-state index contributed by atoms with van der Waals surface area (Å²) in [4.78, 5) is 24.2. The number of carbonyl (C=O) groups is 2. The number of allylic oxidation sites excluding steroid dienone is 2. The highest BCUT2D eigenvalue weighted by molar-refractivity contribution is 6.23. The second-order valence-corrected chi connectivity index (χ2v) is 4.64. The summed E-state index contributed by atoms with van der Waals surface area (Å²) in [7, 11) is 0. The molecule has 2 rings (SSSR count). The van der Waals surface area contributed by atoms with E-state index < -0.39 is 0 Å². The highest BCUT2D eigenvalue weighted by Gasteiger charge is 2.26. The van der Waals surface area contributed by atoms with Gasteiger partial charge in [0.25, 0.3) is 0 Å². The first-order chi connectivity index (χ1) is 9.17. The Morgan fingerprint density at radius 3 is 2.58 bits per heavy atom. The number of aryl methyl sites for hydroxylation is 1. The lowest BCUT2D eigenvalue weighted by Gasteiger charge is -2.16. The van der Waals surface area contributed by atoms with Gasteiger partial charge in [0.05, 0.1) is 6.61 Å². The molecule has 0 heterocycles. The lowest BCUT2D eigenvalue weighted by molar-refractivity contribution is 0.0880. The van der Waals surface area contributed by atoms with Crippen LogP contribution in [0, 0.1) is 0 Å². The van der Waals surface area contributed by atoms with Crippen molar-refractivity contribution in [2.75, 3.05) is 6.61 Å². The molecule has 0 unspecified atom stereocenters. The molecular weight excluding hydrogens is 240 g/mol. The van der Waals surface area contributed by atoms with E-state index in [2.05, 4.69) is 6.92 Å². The first-order valence-electron chi connectivity index (χ1n) is 6.73. The quantitative estimate of drug-likeness (QED) is 0.761. The van der Waals surface area contributed by atoms with Gasteiger partial charge in [-0.05, 0) is 24.5 Å². The number of ketones is 2. The molecule has 0 aliphatic heterocycles. The van der Waals surface area contributed by atoms with Crippen molar-refractivity contribution in [3.8, 4) is 0 Å². The van der Waals surface area contributed by atoms with Crippen LogP contribution >= 0.6 is 0 Å². The third-order valence-corrected chi connectivity index (χ3v) is 3.24. The molecule has 0 atom stereocenters. The van der Waals surface area contributed by atoms with Gasteiger partial charge in [-0.1, -0.05) is 32.4 Å². The molecule has 1 aliphatic carbocycles. The third-order valence-electron chi connectivity index (χ3n) is 3.24. The van der Waals surface area contributed by atoms with Crippen LogP contribution in [0.25, 0.3) is 0 Å². The Morgan fingerprint density at radius 2 is 1.89 bits per heavy atom. The van der Waals surface area contributed by atoms with Crippen molar-refractivity contribution in [1.82, 2.24) is 0 Å². The minimum atomic E-state index is -0.180. The van der Waals surface area contributed by atoms with E-state index in [1.807, 2.05) is 13.0 Å². The maximum Gasteiger partial charge on any atom is 0.228 e. The smallest absolute Gasteiger partial charge is 0.228 e. The van der Waals surface area contributed by atoms with E-state index in [0.717, 1.165) is 24.8 Å². The minimum Gasteiger partial charge on any atom is -0.489 e. The molecule has 3 heteroatoms. The lowest BCUT2D eigenvalue weighted by Crippen LogP contribution is -2.19. The van der Waals surface area contributed by atoms with E-state index in [-0.39, 0.29) is 17.3 Å². The van der Waals surface area contributed by atoms with Crippen LogP contribution in [0.3, 0.4) is 0 Å². The SMILES string of the molecule is CCCCOC1=CC(=O)c2ccc(CC)cc2C1=O. The van der Waals surface area contributed by atoms with E-state index in [0.29, 0.717) is 17.7 Å². The second-order valence-electron chi connectivity index (χ2n) is 4.64. The van der Waals surface area contributed by atoms with Gasteiger partial charge in [-0.15, -0.1) is 0 Å². The Morgan fingerprint density at radius 1 is 1.11 bits per heavy atom. The zero-order valence-electron chi connectivity index (χ0n) is 11.4. The van der Waals surface area contributed by atoms with Crippen molar-refractivity contribution in [2.24, 2.45) is 0 Å². The summed E-state index contributed by atoms with van der Waals surface area (Å²) in [5, 5.41) is 0. The fourth-order valence-corrected chi connectivity index (χ4v) is 2.04. The lowest BCUT2D eigenvalue weighted by atomic mass is 9.91. The molecule has 0 bridgehead atoms. The van der Waals surface area contributed by atoms with E-state index in [1.54, 1.807) is 12.1 Å². The average Bonchev–Trinajstić information content (AvgIpc) is 2.43. The van der Waals surface area contributed by atoms with E-state index in [4.69, 9.17) is 4.74 Å². The third kappa shape index (κ3) is 2.75. The van der Waals surface area contributed by atoms with Gasteiger partial charge in [0.1, 0.15) is 0 Å². The molecule has 1 aromatic carbocycles. The molecule has 0 N–H and O–H groups in total. The van der Waals surface area contributed by atoms with E-state index >= 15 is 0 Å². The van der Waals surface area contributed by atoms with Gasteiger partial charge in [-0.2, -0.15) is 0 Å². The van der Waals surface area contributed by atoms with Crippen molar-refractivity contribution in [3.05, 3.63) is 46.7 Å². The largest absolute Gasteiger partial charge is 0.489 e. The van der Waals surface area contributed by atoms with E-state index in [9.17, 15) is 9.59 Å². The molecule has 0 spiro atoms. The summed E-state index contributed by atoms with van der Waals surface area (Å²) in [5.74, 6) is -0.149. The van der Waals surface area contributed by atoms with Crippen molar-refractivity contribution in [2.45, 2.75) is 33.1 Å². The summed E-state index contributed by atoms with van der Waals surface area (Å²) in [6.45, 7) is 4.55. The number of Topliss-reactive ketones (excluding diaryl/α,β-unsaturated/α-hetero) is 1. The normalized spacial score (nSPS) is 14.1. The molecule has 19 heavy (non-hydrogen) atoms. The van der Waals surface area contributed by atoms with Crippen LogP contribution < -0.4 is 0 Å². The number of ether oxygens (including phenoxy) is 1. The van der Waals surface area contributed by atoms with Crippen molar-refractivity contribution < 1.29 is 14.3 Å². The summed E-state index contributed by atoms with van der Waals surface area (Å²) >= 11 is 0. The highest BCUT2D eigenvalue weighted by Crippen LogP contribution is 2.23. The van der Waals surface area contributed by atoms with Gasteiger partial charge in [-0.25, -0.2) is 0 Å². The van der Waals surface area contributed by atoms with E-state index in [1.165, 1.54) is 6.08 Å². The molecule has 1 aromatic rings. The summed E-state index contributed by atoms with van der Waals surface area (Å²) in [6, 6.07) is 5.42. The predicted molar refractivity (Wildman–Crippen MR) is 73.4 cm³/mol. The molecule has 0 fully saturated rings. The molecule has 0 aromatic heterocycles. The molecule has 100 valence electrons. The van der Waals surface area contributed by atoms with Crippen LogP contribution in [0.2, 0.25) is 0 Å². The van der Waals surface area contributed by atoms with Crippen molar-refractivity contribution >= 4 is 11.6 Å². The average molecular weight is 258 g/mol. The molecular formula is C16H18O3. The van der Waals surface area contributed by atoms with Gasteiger partial charge in [0, 0.05) is 17.2 Å². The number of rotatable bonds is 5. The molecule has 0 saturated carbocycles. The standard InChI is InChI=1S/C16H18O3/c1-3-5-8-19-15-10-14(17)12-7-6-11(4-2)9-13(12)16(15)18/h6-7,9-10H,3-5,8H2,1-2H3. The van der Waals surface area contributed by atoms with Crippen LogP contribution in [-0.2, 0) is 11.2 Å². The Balaban J connectivity index is 2.28. The minimum absolute atomic E-state index is 0.149. The maximum absolute atomic E-state index is 12.3. The zero-order chi connectivity index (χ0) is 13.8. The van der Waals surface area contributed by atoms with Crippen LogP contribution in [-0.4, -0.2) is 18.2 Å². The maximum atomic E-state index is 12.3. The number of fused-ring (bicyclic) bond motifs is 1. The molecule has 0 saturated heterocycles. The number of hydrogen-bond acceptors (Lipinski definition) is 3. The topological polar surface area (TPSA) is 43.4 Å². The molecule has 1 aliphatic rings. The zero-order valence-corrected chi connectivity index (χ0v) is 11.4. The Hall–Kier alpha value is -1.90. The first-order valence-corrected chi connectivity index (χ1v) is 6.73. The van der Waals surface area contributed by atoms with Crippen LogP contribution in [0.5, 0.6) is 0 Å². The van der Waals surface area contributed by atoms with Crippen LogP contribution in [0.1, 0.15) is 53.0 Å². The van der Waals surface area contributed by atoms with Crippen LogP contribution in [0.4, 0.5) is 0 Å². The van der Waals surface area contributed by atoms with Crippen LogP contribution in [0.15, 0.2) is 30.0 Å². The van der Waals surface area contributed by atoms with Gasteiger partial charge >= 0.3 is 0 Å². The van der Waals surface area contributed by atoms with Gasteiger partial charge in [-0.3, -0.25) is 9.59 Å². The second kappa shape index (κ2) is 5.83. The fraction of sp³-hybridized carbons (Fsp3) is 0.375. The molecule has 3 nitrogen and oxygen atoms in total. The molecule has 0 radical (unpaired) electrons. The number of unbranched alkanes of at least 4 members (excludes halogenated alkanes) is 1. The summed E-state index contributed by atoms with van der Waals surface area (Å²) < 4.78 is 5.43. The number of carbonyl (C=O) groups excluding carboxylic acids is 2. The fourth-order valence-electron chi connectivity index (χ4n) is 2.04. The van der Waals surface area contributed by atoms with Crippen molar-refractivity contribution in [1.29, 1.82) is 0 Å². The number of benzene rings is 1. The predicted octanol–water partition coefficient (Wildman–Crippen LogP) is 3.33. The van der Waals surface area contributed by atoms with Crippen molar-refractivity contribution in [3.63, 3.8) is 0 Å². The Bertz CT molecular complexity index is 541. The summed E-state index contributed by atoms with van der Waals surface area (Å²) in [6.07, 6.45) is 4.02. The van der Waals surface area contributed by atoms with Gasteiger partial charge in [0.2, 0.25) is 5.78 Å².